The van der Waals surface area contributed by atoms with E-state index >= 15 is 0 Å². The van der Waals surface area contributed by atoms with Crippen molar-refractivity contribution in [3.8, 4) is 0 Å². The molecule has 5 nitrogen and oxygen atoms in total. The minimum atomic E-state index is -0.921. The Hall–Kier alpha value is -2.15. The molecule has 2 aliphatic rings. The number of rotatable bonds is 4. The van der Waals surface area contributed by atoms with Crippen molar-refractivity contribution in [2.24, 2.45) is 0 Å². The zero-order chi connectivity index (χ0) is 17.2. The molecule has 2 aromatic carbocycles. The molecule has 6 heteroatoms. The van der Waals surface area contributed by atoms with Crippen LogP contribution < -0.4 is 10.8 Å². The molecule has 128 valence electrons. The molecule has 0 saturated carbocycles. The number of amides is 1. The highest BCUT2D eigenvalue weighted by molar-refractivity contribution is 6.61. The molecule has 2 N–H and O–H groups in total. The predicted molar refractivity (Wildman–Crippen MR) is 96.4 cm³/mol. The maximum atomic E-state index is 12.5. The highest BCUT2D eigenvalue weighted by Crippen LogP contribution is 2.15. The van der Waals surface area contributed by atoms with Crippen molar-refractivity contribution >= 4 is 18.5 Å². The van der Waals surface area contributed by atoms with Crippen LogP contribution in [0.4, 0.5) is 0 Å². The molecule has 0 aliphatic carbocycles. The molecule has 1 unspecified atom stereocenters. The van der Waals surface area contributed by atoms with Crippen LogP contribution in [0.3, 0.4) is 0 Å². The lowest BCUT2D eigenvalue weighted by atomic mass is 9.79. The highest BCUT2D eigenvalue weighted by atomic mass is 16.5. The Morgan fingerprint density at radius 3 is 2.96 bits per heavy atom. The first-order chi connectivity index (χ1) is 12.2. The van der Waals surface area contributed by atoms with Crippen molar-refractivity contribution in [1.29, 1.82) is 0 Å². The maximum absolute atomic E-state index is 12.5. The molecule has 0 bridgehead atoms. The average Bonchev–Trinajstić information content (AvgIpc) is 3.22. The number of likely N-dealkylation sites (tertiary alicyclic amines) is 1. The van der Waals surface area contributed by atoms with Gasteiger partial charge in [-0.3, -0.25) is 9.69 Å². The van der Waals surface area contributed by atoms with E-state index in [4.69, 9.17) is 4.65 Å². The minimum absolute atomic E-state index is 0.0894. The molecule has 2 heterocycles. The molecule has 25 heavy (non-hydrogen) atoms. The van der Waals surface area contributed by atoms with Crippen LogP contribution in [0.15, 0.2) is 48.5 Å². The third-order valence-corrected chi connectivity index (χ3v) is 4.93. The molecule has 2 aliphatic heterocycles. The summed E-state index contributed by atoms with van der Waals surface area (Å²) in [6.45, 7) is 3.15. The molecule has 2 aromatic rings. The number of carbonyl (C=O) groups excluding carboxylic acids is 1. The van der Waals surface area contributed by atoms with Crippen LogP contribution in [-0.2, 0) is 17.8 Å². The summed E-state index contributed by atoms with van der Waals surface area (Å²) in [5, 5.41) is 12.9. The fourth-order valence-corrected chi connectivity index (χ4v) is 3.56. The number of hydrogen-bond donors (Lipinski definition) is 2. The molecule has 0 spiro atoms. The van der Waals surface area contributed by atoms with E-state index in [-0.39, 0.29) is 11.9 Å². The standard InChI is InChI=1S/C19H21BN2O3/c23-19(15-6-7-16-13-25-20(24)18(16)10-15)21-17-8-9-22(12-17)11-14-4-2-1-3-5-14/h1-7,10,17,24H,8-9,11-13H2,(H,21,23). The van der Waals surface area contributed by atoms with Crippen LogP contribution in [0.5, 0.6) is 0 Å². The molecule has 1 saturated heterocycles. The van der Waals surface area contributed by atoms with Gasteiger partial charge in [0.1, 0.15) is 0 Å². The second-order valence-corrected chi connectivity index (χ2v) is 6.76. The molecular formula is C19H21BN2O3. The van der Waals surface area contributed by atoms with Crippen molar-refractivity contribution in [3.05, 3.63) is 65.2 Å². The molecule has 0 aromatic heterocycles. The summed E-state index contributed by atoms with van der Waals surface area (Å²) in [6.07, 6.45) is 0.954. The summed E-state index contributed by atoms with van der Waals surface area (Å²) >= 11 is 0. The third kappa shape index (κ3) is 3.61. The van der Waals surface area contributed by atoms with Gasteiger partial charge in [-0.1, -0.05) is 36.4 Å². The van der Waals surface area contributed by atoms with Crippen LogP contribution in [0, 0.1) is 0 Å². The fraction of sp³-hybridized carbons (Fsp3) is 0.316. The number of fused-ring (bicyclic) bond motifs is 1. The van der Waals surface area contributed by atoms with E-state index in [1.165, 1.54) is 5.56 Å². The van der Waals surface area contributed by atoms with Crippen LogP contribution in [-0.4, -0.2) is 42.1 Å². The molecule has 1 fully saturated rings. The number of nitrogens with zero attached hydrogens (tertiary/aromatic N) is 1. The number of hydrogen-bond acceptors (Lipinski definition) is 4. The molecule has 1 amide bonds. The number of nitrogens with one attached hydrogen (secondary N) is 1. The van der Waals surface area contributed by atoms with Crippen molar-refractivity contribution in [1.82, 2.24) is 10.2 Å². The highest BCUT2D eigenvalue weighted by Gasteiger charge is 2.29. The maximum Gasteiger partial charge on any atom is 0.491 e. The van der Waals surface area contributed by atoms with E-state index in [9.17, 15) is 9.82 Å². The van der Waals surface area contributed by atoms with Gasteiger partial charge < -0.3 is 15.0 Å². The smallest absolute Gasteiger partial charge is 0.423 e. The van der Waals surface area contributed by atoms with Crippen LogP contribution >= 0.6 is 0 Å². The molecule has 4 rings (SSSR count). The van der Waals surface area contributed by atoms with E-state index in [0.29, 0.717) is 17.6 Å². The van der Waals surface area contributed by atoms with Crippen molar-refractivity contribution < 1.29 is 14.5 Å². The van der Waals surface area contributed by atoms with Gasteiger partial charge in [0.05, 0.1) is 6.61 Å². The summed E-state index contributed by atoms with van der Waals surface area (Å²) in [5.41, 5.74) is 3.51. The first kappa shape index (κ1) is 16.3. The van der Waals surface area contributed by atoms with Crippen molar-refractivity contribution in [3.63, 3.8) is 0 Å². The number of benzene rings is 2. The largest absolute Gasteiger partial charge is 0.491 e. The zero-order valence-corrected chi connectivity index (χ0v) is 14.0. The van der Waals surface area contributed by atoms with Crippen molar-refractivity contribution in [2.45, 2.75) is 25.6 Å². The Morgan fingerprint density at radius 2 is 2.12 bits per heavy atom. The van der Waals surface area contributed by atoms with E-state index in [2.05, 4.69) is 34.5 Å². The van der Waals surface area contributed by atoms with Crippen molar-refractivity contribution in [2.75, 3.05) is 13.1 Å². The lowest BCUT2D eigenvalue weighted by Gasteiger charge is -2.17. The van der Waals surface area contributed by atoms with Crippen LogP contribution in [0.1, 0.15) is 27.9 Å². The van der Waals surface area contributed by atoms with Gasteiger partial charge in [-0.25, -0.2) is 0 Å². The van der Waals surface area contributed by atoms with Gasteiger partial charge in [-0.15, -0.1) is 0 Å². The molecule has 0 radical (unpaired) electrons. The summed E-state index contributed by atoms with van der Waals surface area (Å²) < 4.78 is 5.18. The predicted octanol–water partition coefficient (Wildman–Crippen LogP) is 0.909. The topological polar surface area (TPSA) is 61.8 Å². The van der Waals surface area contributed by atoms with Crippen LogP contribution in [0.2, 0.25) is 0 Å². The monoisotopic (exact) mass is 336 g/mol. The van der Waals surface area contributed by atoms with Gasteiger partial charge in [0.25, 0.3) is 5.91 Å². The number of carbonyl (C=O) groups is 1. The van der Waals surface area contributed by atoms with E-state index in [1.54, 1.807) is 12.1 Å². The Bertz CT molecular complexity index is 769. The second kappa shape index (κ2) is 7.00. The van der Waals surface area contributed by atoms with Gasteiger partial charge in [0.15, 0.2) is 0 Å². The zero-order valence-electron chi connectivity index (χ0n) is 14.0. The Morgan fingerprint density at radius 1 is 1.28 bits per heavy atom. The summed E-state index contributed by atoms with van der Waals surface area (Å²) in [4.78, 5) is 14.9. The molecular weight excluding hydrogens is 315 g/mol. The Balaban J connectivity index is 1.35. The van der Waals surface area contributed by atoms with Gasteiger partial charge in [0.2, 0.25) is 0 Å². The normalized spacial score (nSPS) is 19.9. The van der Waals surface area contributed by atoms with Gasteiger partial charge in [-0.05, 0) is 35.1 Å². The lowest BCUT2D eigenvalue weighted by molar-refractivity contribution is 0.0937. The van der Waals surface area contributed by atoms with E-state index in [1.807, 2.05) is 12.1 Å². The van der Waals surface area contributed by atoms with Gasteiger partial charge >= 0.3 is 7.12 Å². The molecule has 1 atom stereocenters. The second-order valence-electron chi connectivity index (χ2n) is 6.76. The van der Waals surface area contributed by atoms with Gasteiger partial charge in [-0.2, -0.15) is 0 Å². The Kier molecular flexibility index (Phi) is 4.57. The van der Waals surface area contributed by atoms with Crippen LogP contribution in [0.25, 0.3) is 0 Å². The first-order valence-corrected chi connectivity index (χ1v) is 8.69. The average molecular weight is 336 g/mol. The van der Waals surface area contributed by atoms with E-state index < -0.39 is 7.12 Å². The fourth-order valence-electron chi connectivity index (χ4n) is 3.56. The quantitative estimate of drug-likeness (QED) is 0.815. The van der Waals surface area contributed by atoms with Gasteiger partial charge in [0, 0.05) is 31.2 Å². The Labute approximate surface area is 147 Å². The summed E-state index contributed by atoms with van der Waals surface area (Å²) in [7, 11) is -0.921. The SMILES string of the molecule is O=C(NC1CCN(Cc2ccccc2)C1)c1ccc2c(c1)B(O)OC2. The summed E-state index contributed by atoms with van der Waals surface area (Å²) in [5.74, 6) is -0.0894. The lowest BCUT2D eigenvalue weighted by Crippen LogP contribution is -2.38. The summed E-state index contributed by atoms with van der Waals surface area (Å²) in [6, 6.07) is 15.9. The first-order valence-electron chi connectivity index (χ1n) is 8.69. The minimum Gasteiger partial charge on any atom is -0.423 e. The van der Waals surface area contributed by atoms with E-state index in [0.717, 1.165) is 31.6 Å². The third-order valence-electron chi connectivity index (χ3n) is 4.93.